The second-order valence-corrected chi connectivity index (χ2v) is 4.53. The Morgan fingerprint density at radius 3 is 2.62 bits per heavy atom. The SMILES string of the molecule is Cn1nccc1NC(=O)c1ccn(-c2ccc(N)cc2)n1. The van der Waals surface area contributed by atoms with Gasteiger partial charge in [-0.1, -0.05) is 0 Å². The monoisotopic (exact) mass is 282 g/mol. The van der Waals surface area contributed by atoms with E-state index in [1.165, 1.54) is 0 Å². The predicted octanol–water partition coefficient (Wildman–Crippen LogP) is 1.44. The lowest BCUT2D eigenvalue weighted by Gasteiger charge is -2.03. The van der Waals surface area contributed by atoms with Crippen LogP contribution in [0.25, 0.3) is 5.69 Å². The fourth-order valence-corrected chi connectivity index (χ4v) is 1.89. The van der Waals surface area contributed by atoms with Crippen LogP contribution in [-0.2, 0) is 7.05 Å². The molecule has 3 rings (SSSR count). The molecule has 0 aliphatic rings. The Morgan fingerprint density at radius 2 is 1.95 bits per heavy atom. The summed E-state index contributed by atoms with van der Waals surface area (Å²) in [5, 5.41) is 11.0. The van der Waals surface area contributed by atoms with E-state index in [0.717, 1.165) is 5.69 Å². The third-order valence-corrected chi connectivity index (χ3v) is 3.04. The van der Waals surface area contributed by atoms with Gasteiger partial charge in [0.05, 0.1) is 11.9 Å². The highest BCUT2D eigenvalue weighted by Gasteiger charge is 2.12. The van der Waals surface area contributed by atoms with Crippen molar-refractivity contribution in [1.82, 2.24) is 19.6 Å². The van der Waals surface area contributed by atoms with Crippen LogP contribution in [0.5, 0.6) is 0 Å². The normalized spacial score (nSPS) is 10.5. The third-order valence-electron chi connectivity index (χ3n) is 3.04. The number of anilines is 2. The van der Waals surface area contributed by atoms with Crippen LogP contribution < -0.4 is 11.1 Å². The first-order valence-electron chi connectivity index (χ1n) is 6.34. The summed E-state index contributed by atoms with van der Waals surface area (Å²) < 4.78 is 3.20. The molecule has 1 aromatic carbocycles. The molecule has 2 heterocycles. The molecular formula is C14H14N6O. The highest BCUT2D eigenvalue weighted by Crippen LogP contribution is 2.12. The first-order valence-corrected chi connectivity index (χ1v) is 6.34. The molecule has 3 aromatic rings. The molecule has 7 heteroatoms. The molecule has 106 valence electrons. The molecule has 21 heavy (non-hydrogen) atoms. The lowest BCUT2D eigenvalue weighted by Crippen LogP contribution is -2.15. The summed E-state index contributed by atoms with van der Waals surface area (Å²) in [5.74, 6) is 0.329. The van der Waals surface area contributed by atoms with Gasteiger partial charge in [0.1, 0.15) is 5.82 Å². The fourth-order valence-electron chi connectivity index (χ4n) is 1.89. The van der Waals surface area contributed by atoms with E-state index >= 15 is 0 Å². The van der Waals surface area contributed by atoms with Gasteiger partial charge in [-0.2, -0.15) is 10.2 Å². The molecule has 0 aliphatic carbocycles. The van der Waals surface area contributed by atoms with Crippen molar-refractivity contribution in [3.05, 3.63) is 54.5 Å². The lowest BCUT2D eigenvalue weighted by molar-refractivity contribution is 0.102. The molecule has 7 nitrogen and oxygen atoms in total. The zero-order valence-electron chi connectivity index (χ0n) is 11.4. The Balaban J connectivity index is 1.80. The zero-order chi connectivity index (χ0) is 14.8. The molecule has 0 bridgehead atoms. The lowest BCUT2D eigenvalue weighted by atomic mass is 10.3. The van der Waals surface area contributed by atoms with Crippen LogP contribution >= 0.6 is 0 Å². The molecule has 1 amide bonds. The molecule has 0 aliphatic heterocycles. The minimum atomic E-state index is -0.284. The number of nitrogen functional groups attached to an aromatic ring is 1. The standard InChI is InChI=1S/C14H14N6O/c1-19-13(6-8-16-19)17-14(21)12-7-9-20(18-12)11-4-2-10(15)3-5-11/h2-9H,15H2,1H3,(H,17,21). The summed E-state index contributed by atoms with van der Waals surface area (Å²) in [5.41, 5.74) is 7.49. The van der Waals surface area contributed by atoms with Crippen LogP contribution in [0.4, 0.5) is 11.5 Å². The number of nitrogens with zero attached hydrogens (tertiary/aromatic N) is 4. The van der Waals surface area contributed by atoms with Gasteiger partial charge in [0.25, 0.3) is 5.91 Å². The Morgan fingerprint density at radius 1 is 1.19 bits per heavy atom. The van der Waals surface area contributed by atoms with Crippen molar-refractivity contribution in [2.24, 2.45) is 7.05 Å². The number of hydrogen-bond donors (Lipinski definition) is 2. The minimum Gasteiger partial charge on any atom is -0.399 e. The average Bonchev–Trinajstić information content (AvgIpc) is 3.10. The van der Waals surface area contributed by atoms with Crippen molar-refractivity contribution in [2.45, 2.75) is 0 Å². The predicted molar refractivity (Wildman–Crippen MR) is 79.1 cm³/mol. The summed E-state index contributed by atoms with van der Waals surface area (Å²) in [6, 6.07) is 10.6. The summed E-state index contributed by atoms with van der Waals surface area (Å²) in [6.07, 6.45) is 3.34. The second kappa shape index (κ2) is 5.12. The first-order chi connectivity index (χ1) is 10.1. The van der Waals surface area contributed by atoms with E-state index in [2.05, 4.69) is 15.5 Å². The summed E-state index contributed by atoms with van der Waals surface area (Å²) in [4.78, 5) is 12.1. The molecule has 0 fully saturated rings. The average molecular weight is 282 g/mol. The number of amides is 1. The highest BCUT2D eigenvalue weighted by atomic mass is 16.2. The van der Waals surface area contributed by atoms with Crippen LogP contribution in [0.15, 0.2) is 48.8 Å². The van der Waals surface area contributed by atoms with E-state index in [4.69, 9.17) is 5.73 Å². The van der Waals surface area contributed by atoms with Crippen LogP contribution in [0.2, 0.25) is 0 Å². The highest BCUT2D eigenvalue weighted by molar-refractivity contribution is 6.02. The van der Waals surface area contributed by atoms with E-state index in [1.807, 2.05) is 12.1 Å². The second-order valence-electron chi connectivity index (χ2n) is 4.53. The number of benzene rings is 1. The largest absolute Gasteiger partial charge is 0.399 e. The zero-order valence-corrected chi connectivity index (χ0v) is 11.4. The number of carbonyl (C=O) groups excluding carboxylic acids is 1. The molecule has 0 spiro atoms. The van der Waals surface area contributed by atoms with E-state index in [-0.39, 0.29) is 5.91 Å². The van der Waals surface area contributed by atoms with E-state index in [1.54, 1.807) is 53.1 Å². The van der Waals surface area contributed by atoms with Crippen molar-refractivity contribution in [3.63, 3.8) is 0 Å². The van der Waals surface area contributed by atoms with Gasteiger partial charge in [0.2, 0.25) is 0 Å². The van der Waals surface area contributed by atoms with Gasteiger partial charge >= 0.3 is 0 Å². The van der Waals surface area contributed by atoms with Gasteiger partial charge in [0.15, 0.2) is 5.69 Å². The molecule has 0 saturated carbocycles. The summed E-state index contributed by atoms with van der Waals surface area (Å²) >= 11 is 0. The van der Waals surface area contributed by atoms with Gasteiger partial charge in [-0.25, -0.2) is 4.68 Å². The van der Waals surface area contributed by atoms with Crippen LogP contribution in [-0.4, -0.2) is 25.5 Å². The fraction of sp³-hybridized carbons (Fsp3) is 0.0714. The first kappa shape index (κ1) is 12.9. The van der Waals surface area contributed by atoms with Gasteiger partial charge in [-0.3, -0.25) is 9.48 Å². The summed E-state index contributed by atoms with van der Waals surface area (Å²) in [7, 11) is 1.75. The Labute approximate surface area is 121 Å². The topological polar surface area (TPSA) is 90.8 Å². The molecule has 2 aromatic heterocycles. The molecule has 0 radical (unpaired) electrons. The van der Waals surface area contributed by atoms with Crippen molar-refractivity contribution in [1.29, 1.82) is 0 Å². The Kier molecular flexibility index (Phi) is 3.15. The minimum absolute atomic E-state index is 0.284. The number of rotatable bonds is 3. The van der Waals surface area contributed by atoms with E-state index in [9.17, 15) is 4.79 Å². The number of nitrogens with one attached hydrogen (secondary N) is 1. The van der Waals surface area contributed by atoms with Crippen LogP contribution in [0.3, 0.4) is 0 Å². The molecule has 3 N–H and O–H groups in total. The number of nitrogens with two attached hydrogens (primary N) is 1. The van der Waals surface area contributed by atoms with Crippen molar-refractivity contribution < 1.29 is 4.79 Å². The van der Waals surface area contributed by atoms with Crippen molar-refractivity contribution in [3.8, 4) is 5.69 Å². The van der Waals surface area contributed by atoms with E-state index < -0.39 is 0 Å². The van der Waals surface area contributed by atoms with Gasteiger partial charge < -0.3 is 11.1 Å². The van der Waals surface area contributed by atoms with Crippen LogP contribution in [0, 0.1) is 0 Å². The Bertz CT molecular complexity index is 771. The van der Waals surface area contributed by atoms with Gasteiger partial charge in [0, 0.05) is 25.0 Å². The third kappa shape index (κ3) is 2.62. The molecule has 0 unspecified atom stereocenters. The van der Waals surface area contributed by atoms with Gasteiger partial charge in [-0.05, 0) is 30.3 Å². The maximum Gasteiger partial charge on any atom is 0.277 e. The molecular weight excluding hydrogens is 268 g/mol. The Hall–Kier alpha value is -3.09. The number of aromatic nitrogens is 4. The smallest absolute Gasteiger partial charge is 0.277 e. The quantitative estimate of drug-likeness (QED) is 0.711. The van der Waals surface area contributed by atoms with Crippen LogP contribution in [0.1, 0.15) is 10.5 Å². The number of carbonyl (C=O) groups is 1. The summed E-state index contributed by atoms with van der Waals surface area (Å²) in [6.45, 7) is 0. The maximum absolute atomic E-state index is 12.1. The molecule has 0 saturated heterocycles. The van der Waals surface area contributed by atoms with Gasteiger partial charge in [-0.15, -0.1) is 0 Å². The van der Waals surface area contributed by atoms with E-state index in [0.29, 0.717) is 17.2 Å². The van der Waals surface area contributed by atoms with Crippen molar-refractivity contribution >= 4 is 17.4 Å². The molecule has 0 atom stereocenters. The maximum atomic E-state index is 12.1. The van der Waals surface area contributed by atoms with Crippen molar-refractivity contribution in [2.75, 3.05) is 11.1 Å². The number of aryl methyl sites for hydroxylation is 1. The number of hydrogen-bond acceptors (Lipinski definition) is 4.